The molecule has 2 N–H and O–H groups in total. The Morgan fingerprint density at radius 3 is 1.78 bits per heavy atom. The van der Waals surface area contributed by atoms with Crippen molar-refractivity contribution >= 4 is 12.6 Å². The predicted molar refractivity (Wildman–Crippen MR) is 45.9 cm³/mol. The van der Waals surface area contributed by atoms with Gasteiger partial charge in [-0.1, -0.05) is 13.8 Å². The molecule has 0 heterocycles. The van der Waals surface area contributed by atoms with Crippen LogP contribution in [-0.4, -0.2) is 12.3 Å². The van der Waals surface area contributed by atoms with E-state index in [1.165, 1.54) is 0 Å². The number of hydrogen-bond donors (Lipinski definition) is 2. The van der Waals surface area contributed by atoms with E-state index in [9.17, 15) is 0 Å². The second-order valence-corrected chi connectivity index (χ2v) is 2.89. The Kier molecular flexibility index (Phi) is 4.32. The fraction of sp³-hybridized carbons (Fsp3) is 1.00. The van der Waals surface area contributed by atoms with Gasteiger partial charge in [0.05, 0.1) is 0 Å². The third kappa shape index (κ3) is 2.18. The van der Waals surface area contributed by atoms with Gasteiger partial charge in [-0.2, -0.15) is 12.6 Å². The van der Waals surface area contributed by atoms with Gasteiger partial charge in [-0.05, 0) is 30.6 Å². The van der Waals surface area contributed by atoms with Gasteiger partial charge in [-0.3, -0.25) is 0 Å². The summed E-state index contributed by atoms with van der Waals surface area (Å²) in [5, 5.41) is 0. The molecule has 0 atom stereocenters. The molecule has 0 unspecified atom stereocenters. The monoisotopic (exact) mass is 147 g/mol. The quantitative estimate of drug-likeness (QED) is 0.581. The Labute approximate surface area is 63.4 Å². The smallest absolute Gasteiger partial charge is 0.00129 e. The van der Waals surface area contributed by atoms with Crippen LogP contribution in [0.3, 0.4) is 0 Å². The van der Waals surface area contributed by atoms with E-state index >= 15 is 0 Å². The molecule has 0 amide bonds. The van der Waals surface area contributed by atoms with Crippen molar-refractivity contribution in [1.29, 1.82) is 0 Å². The van der Waals surface area contributed by atoms with Gasteiger partial charge in [0.1, 0.15) is 0 Å². The van der Waals surface area contributed by atoms with Gasteiger partial charge in [0.15, 0.2) is 0 Å². The molecule has 0 aromatic carbocycles. The number of rotatable bonds is 4. The molecule has 0 aliphatic carbocycles. The van der Waals surface area contributed by atoms with Gasteiger partial charge >= 0.3 is 0 Å². The van der Waals surface area contributed by atoms with Gasteiger partial charge in [-0.15, -0.1) is 0 Å². The Hall–Kier alpha value is 0.310. The van der Waals surface area contributed by atoms with E-state index in [2.05, 4.69) is 26.5 Å². The van der Waals surface area contributed by atoms with E-state index in [-0.39, 0.29) is 0 Å². The highest BCUT2D eigenvalue weighted by Crippen LogP contribution is 2.25. The molecule has 0 aromatic heterocycles. The lowest BCUT2D eigenvalue weighted by Crippen LogP contribution is -2.30. The molecule has 9 heavy (non-hydrogen) atoms. The van der Waals surface area contributed by atoms with E-state index < -0.39 is 0 Å². The van der Waals surface area contributed by atoms with Crippen molar-refractivity contribution in [2.75, 3.05) is 12.3 Å². The van der Waals surface area contributed by atoms with Gasteiger partial charge in [0.25, 0.3) is 0 Å². The molecule has 0 spiro atoms. The molecular formula is C7H17NS. The van der Waals surface area contributed by atoms with Crippen LogP contribution in [0.15, 0.2) is 0 Å². The largest absolute Gasteiger partial charge is 0.330 e. The first-order valence-electron chi connectivity index (χ1n) is 3.55. The van der Waals surface area contributed by atoms with Crippen LogP contribution in [0.5, 0.6) is 0 Å². The minimum absolute atomic E-state index is 0.309. The minimum atomic E-state index is 0.309. The lowest BCUT2D eigenvalue weighted by molar-refractivity contribution is 0.320. The normalized spacial score (nSPS) is 12.0. The molecule has 1 nitrogen and oxygen atoms in total. The van der Waals surface area contributed by atoms with Crippen LogP contribution < -0.4 is 5.73 Å². The van der Waals surface area contributed by atoms with Crippen LogP contribution in [0.2, 0.25) is 0 Å². The molecule has 0 aliphatic rings. The first-order chi connectivity index (χ1) is 4.24. The molecule has 0 radical (unpaired) electrons. The highest BCUT2D eigenvalue weighted by Gasteiger charge is 2.21. The molecule has 0 rings (SSSR count). The summed E-state index contributed by atoms with van der Waals surface area (Å²) in [6.07, 6.45) is 2.28. The van der Waals surface area contributed by atoms with Crippen LogP contribution >= 0.6 is 12.6 Å². The zero-order chi connectivity index (χ0) is 7.33. The average Bonchev–Trinajstić information content (AvgIpc) is 1.95. The second-order valence-electron chi connectivity index (χ2n) is 2.57. The molecule has 0 bridgehead atoms. The van der Waals surface area contributed by atoms with Crippen molar-refractivity contribution in [3.8, 4) is 0 Å². The molecule has 0 saturated carbocycles. The Morgan fingerprint density at radius 1 is 1.33 bits per heavy atom. The zero-order valence-electron chi connectivity index (χ0n) is 6.35. The van der Waals surface area contributed by atoms with Gasteiger partial charge in [-0.25, -0.2) is 0 Å². The van der Waals surface area contributed by atoms with Crippen molar-refractivity contribution in [2.45, 2.75) is 26.7 Å². The van der Waals surface area contributed by atoms with Gasteiger partial charge in [0.2, 0.25) is 0 Å². The summed E-state index contributed by atoms with van der Waals surface area (Å²) in [7, 11) is 0. The third-order valence-electron chi connectivity index (χ3n) is 2.27. The molecule has 2 heteroatoms. The van der Waals surface area contributed by atoms with E-state index in [1.54, 1.807) is 0 Å². The van der Waals surface area contributed by atoms with Gasteiger partial charge < -0.3 is 5.73 Å². The summed E-state index contributed by atoms with van der Waals surface area (Å²) >= 11 is 4.26. The Bertz CT molecular complexity index is 51.8. The maximum atomic E-state index is 5.59. The highest BCUT2D eigenvalue weighted by atomic mass is 32.1. The van der Waals surface area contributed by atoms with Crippen LogP contribution in [0.4, 0.5) is 0 Å². The third-order valence-corrected chi connectivity index (χ3v) is 2.94. The van der Waals surface area contributed by atoms with Crippen LogP contribution in [-0.2, 0) is 0 Å². The summed E-state index contributed by atoms with van der Waals surface area (Å²) in [6.45, 7) is 5.11. The summed E-state index contributed by atoms with van der Waals surface area (Å²) in [4.78, 5) is 0. The van der Waals surface area contributed by atoms with Crippen molar-refractivity contribution in [3.05, 3.63) is 0 Å². The summed E-state index contributed by atoms with van der Waals surface area (Å²) < 4.78 is 0. The van der Waals surface area contributed by atoms with Crippen LogP contribution in [0, 0.1) is 5.41 Å². The first kappa shape index (κ1) is 9.31. The molecule has 56 valence electrons. The molecule has 0 aliphatic heterocycles. The fourth-order valence-corrected chi connectivity index (χ4v) is 1.40. The first-order valence-corrected chi connectivity index (χ1v) is 4.19. The molecule has 0 fully saturated rings. The Balaban J connectivity index is 3.82. The topological polar surface area (TPSA) is 26.0 Å². The maximum Gasteiger partial charge on any atom is -0.00129 e. The molecular weight excluding hydrogens is 130 g/mol. The molecule has 0 aromatic rings. The summed E-state index contributed by atoms with van der Waals surface area (Å²) in [6, 6.07) is 0. The zero-order valence-corrected chi connectivity index (χ0v) is 7.25. The number of nitrogens with two attached hydrogens (primary N) is 1. The van der Waals surface area contributed by atoms with Crippen LogP contribution in [0.25, 0.3) is 0 Å². The number of hydrogen-bond acceptors (Lipinski definition) is 2. The van der Waals surface area contributed by atoms with E-state index in [0.29, 0.717) is 5.41 Å². The minimum Gasteiger partial charge on any atom is -0.330 e. The molecule has 0 saturated heterocycles. The lowest BCUT2D eigenvalue weighted by Gasteiger charge is -2.27. The van der Waals surface area contributed by atoms with Crippen molar-refractivity contribution in [3.63, 3.8) is 0 Å². The van der Waals surface area contributed by atoms with E-state index in [1.807, 2.05) is 0 Å². The van der Waals surface area contributed by atoms with Crippen molar-refractivity contribution < 1.29 is 0 Å². The second kappa shape index (κ2) is 4.18. The number of thiol groups is 1. The average molecular weight is 147 g/mol. The van der Waals surface area contributed by atoms with Gasteiger partial charge in [0, 0.05) is 0 Å². The summed E-state index contributed by atoms with van der Waals surface area (Å²) in [5.41, 5.74) is 5.90. The predicted octanol–water partition coefficient (Wildman–Crippen LogP) is 1.68. The standard InChI is InChI=1S/C7H17NS/c1-3-7(4-2,5-8)6-9/h9H,3-6,8H2,1-2H3. The SMILES string of the molecule is CCC(CC)(CN)CS. The fourth-order valence-electron chi connectivity index (χ4n) is 0.827. The van der Waals surface area contributed by atoms with E-state index in [4.69, 9.17) is 5.73 Å². The highest BCUT2D eigenvalue weighted by molar-refractivity contribution is 7.80. The van der Waals surface area contributed by atoms with Crippen molar-refractivity contribution in [1.82, 2.24) is 0 Å². The Morgan fingerprint density at radius 2 is 1.78 bits per heavy atom. The summed E-state index contributed by atoms with van der Waals surface area (Å²) in [5.74, 6) is 0.913. The lowest BCUT2D eigenvalue weighted by atomic mass is 9.85. The maximum absolute atomic E-state index is 5.59. The van der Waals surface area contributed by atoms with Crippen molar-refractivity contribution in [2.24, 2.45) is 11.1 Å². The van der Waals surface area contributed by atoms with E-state index in [0.717, 1.165) is 25.1 Å². The van der Waals surface area contributed by atoms with Crippen LogP contribution in [0.1, 0.15) is 26.7 Å².